The van der Waals surface area contributed by atoms with Gasteiger partial charge >= 0.3 is 5.97 Å². The summed E-state index contributed by atoms with van der Waals surface area (Å²) in [7, 11) is 0. The maximum absolute atomic E-state index is 10.9. The van der Waals surface area contributed by atoms with Crippen LogP contribution in [0.15, 0.2) is 12.7 Å². The number of carbonyl (C=O) groups excluding carboxylic acids is 1. The molecule has 64 valence electrons. The van der Waals surface area contributed by atoms with Crippen molar-refractivity contribution >= 4 is 18.0 Å². The summed E-state index contributed by atoms with van der Waals surface area (Å²) >= 11 is 0.520. The summed E-state index contributed by atoms with van der Waals surface area (Å²) in [4.78, 5) is 10.9. The average molecular weight is 176 g/mol. The quantitative estimate of drug-likeness (QED) is 0.393. The summed E-state index contributed by atoms with van der Waals surface area (Å²) in [5, 5.41) is -0.463. The van der Waals surface area contributed by atoms with E-state index in [1.807, 2.05) is 6.92 Å². The van der Waals surface area contributed by atoms with Crippen LogP contribution in [0.1, 0.15) is 13.3 Å². The lowest BCUT2D eigenvalue weighted by Crippen LogP contribution is -2.19. The molecule has 0 aromatic heterocycles. The first-order valence-corrected chi connectivity index (χ1v) is 4.17. The Morgan fingerprint density at radius 1 is 1.91 bits per heavy atom. The van der Waals surface area contributed by atoms with E-state index in [4.69, 9.17) is 9.29 Å². The highest BCUT2D eigenvalue weighted by atomic mass is 32.2. The molecule has 0 rings (SSSR count). The monoisotopic (exact) mass is 176 g/mol. The minimum atomic E-state index is -0.463. The normalized spacial score (nSPS) is 12.2. The molecule has 0 fully saturated rings. The van der Waals surface area contributed by atoms with Crippen molar-refractivity contribution in [3.05, 3.63) is 12.7 Å². The van der Waals surface area contributed by atoms with Crippen molar-refractivity contribution < 1.29 is 14.1 Å². The molecule has 0 aliphatic rings. The van der Waals surface area contributed by atoms with Crippen LogP contribution in [-0.4, -0.2) is 22.4 Å². The van der Waals surface area contributed by atoms with Gasteiger partial charge in [-0.25, -0.2) is 0 Å². The van der Waals surface area contributed by atoms with Gasteiger partial charge in [0.1, 0.15) is 11.9 Å². The van der Waals surface area contributed by atoms with Gasteiger partial charge in [0.2, 0.25) is 0 Å². The number of hydrogen-bond acceptors (Lipinski definition) is 4. The fraction of sp³-hybridized carbons (Fsp3) is 0.571. The molecule has 0 radical (unpaired) electrons. The molecule has 0 aliphatic heterocycles. The zero-order chi connectivity index (χ0) is 8.69. The molecule has 0 aliphatic carbocycles. The Morgan fingerprint density at radius 3 is 2.91 bits per heavy atom. The lowest BCUT2D eigenvalue weighted by atomic mass is 10.3. The highest BCUT2D eigenvalue weighted by Gasteiger charge is 2.16. The van der Waals surface area contributed by atoms with Crippen LogP contribution in [0.5, 0.6) is 0 Å². The van der Waals surface area contributed by atoms with Crippen molar-refractivity contribution in [2.24, 2.45) is 0 Å². The smallest absolute Gasteiger partial charge is 0.321 e. The van der Waals surface area contributed by atoms with Gasteiger partial charge in [-0.1, -0.05) is 19.6 Å². The standard InChI is InChI=1S/C7H12O3S/c1-3-5-10-7(8)6(4-2)11-9/h3,6,9H,1,4-5H2,2H3. The molecule has 1 unspecified atom stereocenters. The molecule has 0 amide bonds. The molecular formula is C7H12O3S. The van der Waals surface area contributed by atoms with Crippen molar-refractivity contribution in [1.29, 1.82) is 0 Å². The second-order valence-corrected chi connectivity index (χ2v) is 2.70. The van der Waals surface area contributed by atoms with Crippen LogP contribution in [-0.2, 0) is 9.53 Å². The van der Waals surface area contributed by atoms with Crippen molar-refractivity contribution in [3.8, 4) is 0 Å². The number of ether oxygens (including phenoxy) is 1. The molecule has 11 heavy (non-hydrogen) atoms. The van der Waals surface area contributed by atoms with Gasteiger partial charge in [-0.05, 0) is 6.42 Å². The van der Waals surface area contributed by atoms with E-state index in [2.05, 4.69) is 6.58 Å². The molecule has 0 heterocycles. The van der Waals surface area contributed by atoms with E-state index in [0.29, 0.717) is 18.5 Å². The minimum Gasteiger partial charge on any atom is -0.461 e. The highest BCUT2D eigenvalue weighted by Crippen LogP contribution is 2.11. The zero-order valence-corrected chi connectivity index (χ0v) is 7.26. The summed E-state index contributed by atoms with van der Waals surface area (Å²) in [6, 6.07) is 0. The Morgan fingerprint density at radius 2 is 2.55 bits per heavy atom. The van der Waals surface area contributed by atoms with E-state index >= 15 is 0 Å². The van der Waals surface area contributed by atoms with Crippen molar-refractivity contribution in [1.82, 2.24) is 0 Å². The predicted octanol–water partition coefficient (Wildman–Crippen LogP) is 1.70. The van der Waals surface area contributed by atoms with Crippen LogP contribution in [0.2, 0.25) is 0 Å². The van der Waals surface area contributed by atoms with Crippen molar-refractivity contribution in [2.75, 3.05) is 6.61 Å². The third-order valence-corrected chi connectivity index (χ3v) is 1.88. The second kappa shape index (κ2) is 6.24. The third kappa shape index (κ3) is 4.06. The molecule has 0 spiro atoms. The van der Waals surface area contributed by atoms with E-state index in [1.165, 1.54) is 6.08 Å². The van der Waals surface area contributed by atoms with Crippen LogP contribution < -0.4 is 0 Å². The topological polar surface area (TPSA) is 46.5 Å². The third-order valence-electron chi connectivity index (χ3n) is 1.10. The summed E-state index contributed by atoms with van der Waals surface area (Å²) in [5.41, 5.74) is 0. The van der Waals surface area contributed by atoms with Gasteiger partial charge < -0.3 is 9.29 Å². The van der Waals surface area contributed by atoms with E-state index in [0.717, 1.165) is 0 Å². The van der Waals surface area contributed by atoms with E-state index in [-0.39, 0.29) is 12.6 Å². The van der Waals surface area contributed by atoms with E-state index < -0.39 is 5.25 Å². The molecule has 0 saturated heterocycles. The molecule has 0 bridgehead atoms. The van der Waals surface area contributed by atoms with Gasteiger partial charge in [-0.3, -0.25) is 4.79 Å². The maximum atomic E-state index is 10.9. The Labute approximate surface area is 70.6 Å². The van der Waals surface area contributed by atoms with Crippen LogP contribution in [0.3, 0.4) is 0 Å². The first kappa shape index (κ1) is 10.5. The van der Waals surface area contributed by atoms with Crippen LogP contribution in [0.25, 0.3) is 0 Å². The highest BCUT2D eigenvalue weighted by molar-refractivity contribution is 7.95. The summed E-state index contributed by atoms with van der Waals surface area (Å²) in [6.45, 7) is 5.41. The molecule has 0 aromatic carbocycles. The maximum Gasteiger partial charge on any atom is 0.321 e. The number of esters is 1. The molecule has 0 aromatic rings. The van der Waals surface area contributed by atoms with E-state index in [1.54, 1.807) is 0 Å². The van der Waals surface area contributed by atoms with E-state index in [9.17, 15) is 4.79 Å². The first-order valence-electron chi connectivity index (χ1n) is 3.34. The second-order valence-electron chi connectivity index (χ2n) is 1.92. The van der Waals surface area contributed by atoms with Gasteiger partial charge in [0.25, 0.3) is 0 Å². The van der Waals surface area contributed by atoms with Gasteiger partial charge in [-0.15, -0.1) is 0 Å². The Hall–Kier alpha value is -0.480. The molecule has 1 N–H and O–H groups in total. The molecule has 4 heteroatoms. The molecule has 1 atom stereocenters. The number of rotatable bonds is 5. The summed E-state index contributed by atoms with van der Waals surface area (Å²) in [6.07, 6.45) is 2.06. The first-order chi connectivity index (χ1) is 5.26. The molecule has 3 nitrogen and oxygen atoms in total. The van der Waals surface area contributed by atoms with Gasteiger partial charge in [0, 0.05) is 12.0 Å². The average Bonchev–Trinajstić information content (AvgIpc) is 2.03. The fourth-order valence-electron chi connectivity index (χ4n) is 0.518. The Balaban J connectivity index is 3.69. The SMILES string of the molecule is C=CCOC(=O)C(CC)SO. The summed E-state index contributed by atoms with van der Waals surface area (Å²) < 4.78 is 13.3. The lowest BCUT2D eigenvalue weighted by molar-refractivity contribution is -0.141. The van der Waals surface area contributed by atoms with Gasteiger partial charge in [0.05, 0.1) is 0 Å². The lowest BCUT2D eigenvalue weighted by Gasteiger charge is -2.07. The number of carbonyl (C=O) groups is 1. The minimum absolute atomic E-state index is 0.204. The summed E-state index contributed by atoms with van der Waals surface area (Å²) in [5.74, 6) is -0.389. The van der Waals surface area contributed by atoms with Gasteiger partial charge in [-0.2, -0.15) is 0 Å². The van der Waals surface area contributed by atoms with Crippen molar-refractivity contribution in [2.45, 2.75) is 18.6 Å². The fourth-order valence-corrected chi connectivity index (χ4v) is 0.821. The van der Waals surface area contributed by atoms with Crippen LogP contribution >= 0.6 is 12.0 Å². The zero-order valence-electron chi connectivity index (χ0n) is 6.45. The predicted molar refractivity (Wildman–Crippen MR) is 45.5 cm³/mol. The van der Waals surface area contributed by atoms with Crippen molar-refractivity contribution in [3.63, 3.8) is 0 Å². The molecular weight excluding hydrogens is 164 g/mol. The number of hydrogen-bond donors (Lipinski definition) is 1. The molecule has 0 saturated carbocycles. The van der Waals surface area contributed by atoms with Crippen LogP contribution in [0.4, 0.5) is 0 Å². The Kier molecular flexibility index (Phi) is 5.97. The Bertz CT molecular complexity index is 132. The van der Waals surface area contributed by atoms with Crippen LogP contribution in [0, 0.1) is 0 Å². The van der Waals surface area contributed by atoms with Gasteiger partial charge in [0.15, 0.2) is 0 Å². The largest absolute Gasteiger partial charge is 0.461 e.